The molecule has 0 fully saturated rings. The molecule has 0 aliphatic rings. The van der Waals surface area contributed by atoms with Crippen molar-refractivity contribution in [2.24, 2.45) is 0 Å². The summed E-state index contributed by atoms with van der Waals surface area (Å²) in [5, 5.41) is 2.83. The lowest BCUT2D eigenvalue weighted by atomic mass is 10.2. The van der Waals surface area contributed by atoms with Crippen LogP contribution >= 0.6 is 0 Å². The Morgan fingerprint density at radius 3 is 2.50 bits per heavy atom. The van der Waals surface area contributed by atoms with E-state index in [0.29, 0.717) is 6.04 Å². The standard InChI is InChI=1S/C9H20N2O/c1-5-7-10-9(12)11(4)8(3)6-2/h8H,5-7H2,1-4H3,(H,10,12). The number of amides is 2. The second-order valence-electron chi connectivity index (χ2n) is 3.10. The van der Waals surface area contributed by atoms with Crippen LogP contribution in [0.15, 0.2) is 0 Å². The third-order valence-corrected chi connectivity index (χ3v) is 2.10. The minimum Gasteiger partial charge on any atom is -0.338 e. The van der Waals surface area contributed by atoms with Gasteiger partial charge < -0.3 is 10.2 Å². The van der Waals surface area contributed by atoms with Gasteiger partial charge in [-0.15, -0.1) is 0 Å². The van der Waals surface area contributed by atoms with E-state index in [-0.39, 0.29) is 6.03 Å². The number of hydrogen-bond acceptors (Lipinski definition) is 1. The zero-order valence-electron chi connectivity index (χ0n) is 8.55. The average molecular weight is 172 g/mol. The maximum absolute atomic E-state index is 11.3. The smallest absolute Gasteiger partial charge is 0.317 e. The van der Waals surface area contributed by atoms with Gasteiger partial charge >= 0.3 is 6.03 Å². The number of nitrogens with zero attached hydrogens (tertiary/aromatic N) is 1. The molecule has 0 saturated heterocycles. The Balaban J connectivity index is 3.75. The molecular weight excluding hydrogens is 152 g/mol. The highest BCUT2D eigenvalue weighted by Crippen LogP contribution is 1.99. The number of urea groups is 1. The third kappa shape index (κ3) is 3.60. The van der Waals surface area contributed by atoms with Crippen molar-refractivity contribution in [3.63, 3.8) is 0 Å². The van der Waals surface area contributed by atoms with E-state index in [4.69, 9.17) is 0 Å². The Hall–Kier alpha value is -0.730. The minimum absolute atomic E-state index is 0.0335. The zero-order chi connectivity index (χ0) is 9.56. The van der Waals surface area contributed by atoms with Gasteiger partial charge in [-0.3, -0.25) is 0 Å². The molecule has 0 rings (SSSR count). The molecule has 0 saturated carbocycles. The van der Waals surface area contributed by atoms with E-state index >= 15 is 0 Å². The van der Waals surface area contributed by atoms with Gasteiger partial charge in [0.2, 0.25) is 0 Å². The summed E-state index contributed by atoms with van der Waals surface area (Å²) >= 11 is 0. The Morgan fingerprint density at radius 2 is 2.08 bits per heavy atom. The molecule has 0 aromatic heterocycles. The monoisotopic (exact) mass is 172 g/mol. The molecular formula is C9H20N2O. The van der Waals surface area contributed by atoms with Gasteiger partial charge in [-0.1, -0.05) is 13.8 Å². The van der Waals surface area contributed by atoms with Crippen LogP contribution in [0.25, 0.3) is 0 Å². The highest BCUT2D eigenvalue weighted by molar-refractivity contribution is 5.74. The number of carbonyl (C=O) groups excluding carboxylic acids is 1. The largest absolute Gasteiger partial charge is 0.338 e. The molecule has 3 heteroatoms. The van der Waals surface area contributed by atoms with Crippen molar-refractivity contribution in [2.45, 2.75) is 39.7 Å². The molecule has 0 radical (unpaired) electrons. The van der Waals surface area contributed by atoms with Crippen LogP contribution in [0.1, 0.15) is 33.6 Å². The van der Waals surface area contributed by atoms with Crippen molar-refractivity contribution in [1.82, 2.24) is 10.2 Å². The first kappa shape index (κ1) is 11.3. The predicted molar refractivity (Wildman–Crippen MR) is 51.2 cm³/mol. The first-order chi connectivity index (χ1) is 5.63. The summed E-state index contributed by atoms with van der Waals surface area (Å²) in [5.41, 5.74) is 0. The Morgan fingerprint density at radius 1 is 1.50 bits per heavy atom. The fraction of sp³-hybridized carbons (Fsp3) is 0.889. The Kier molecular flexibility index (Phi) is 5.51. The molecule has 0 spiro atoms. The van der Waals surface area contributed by atoms with Crippen LogP contribution in [-0.2, 0) is 0 Å². The SMILES string of the molecule is CCCNC(=O)N(C)C(C)CC. The van der Waals surface area contributed by atoms with E-state index in [1.165, 1.54) is 0 Å². The molecule has 12 heavy (non-hydrogen) atoms. The van der Waals surface area contributed by atoms with Gasteiger partial charge in [0.25, 0.3) is 0 Å². The van der Waals surface area contributed by atoms with Gasteiger partial charge in [0.1, 0.15) is 0 Å². The van der Waals surface area contributed by atoms with Gasteiger partial charge in [-0.2, -0.15) is 0 Å². The van der Waals surface area contributed by atoms with Crippen molar-refractivity contribution in [3.8, 4) is 0 Å². The van der Waals surface area contributed by atoms with Crippen LogP contribution < -0.4 is 5.32 Å². The quantitative estimate of drug-likeness (QED) is 0.689. The molecule has 1 atom stereocenters. The van der Waals surface area contributed by atoms with Crippen molar-refractivity contribution in [1.29, 1.82) is 0 Å². The molecule has 2 amide bonds. The topological polar surface area (TPSA) is 32.3 Å². The van der Waals surface area contributed by atoms with Crippen LogP contribution in [0, 0.1) is 0 Å². The maximum Gasteiger partial charge on any atom is 0.317 e. The van der Waals surface area contributed by atoms with Gasteiger partial charge in [-0.25, -0.2) is 4.79 Å². The van der Waals surface area contributed by atoms with E-state index in [1.54, 1.807) is 4.90 Å². The molecule has 72 valence electrons. The lowest BCUT2D eigenvalue weighted by Gasteiger charge is -2.23. The lowest BCUT2D eigenvalue weighted by Crippen LogP contribution is -2.42. The normalized spacial score (nSPS) is 12.3. The fourth-order valence-corrected chi connectivity index (χ4v) is 0.831. The number of rotatable bonds is 4. The molecule has 0 aromatic carbocycles. The summed E-state index contributed by atoms with van der Waals surface area (Å²) in [6.45, 7) is 6.93. The lowest BCUT2D eigenvalue weighted by molar-refractivity contribution is 0.193. The third-order valence-electron chi connectivity index (χ3n) is 2.10. The summed E-state index contributed by atoms with van der Waals surface area (Å²) in [7, 11) is 1.83. The summed E-state index contributed by atoms with van der Waals surface area (Å²) in [6, 6.07) is 0.355. The van der Waals surface area contributed by atoms with Crippen LogP contribution in [0.3, 0.4) is 0 Å². The van der Waals surface area contributed by atoms with Crippen molar-refractivity contribution in [2.75, 3.05) is 13.6 Å². The van der Waals surface area contributed by atoms with E-state index < -0.39 is 0 Å². The average Bonchev–Trinajstić information content (AvgIpc) is 2.11. The molecule has 0 aliphatic carbocycles. The molecule has 0 aliphatic heterocycles. The van der Waals surface area contributed by atoms with Gasteiger partial charge in [-0.05, 0) is 19.8 Å². The molecule has 0 aromatic rings. The predicted octanol–water partition coefficient (Wildman–Crippen LogP) is 1.84. The van der Waals surface area contributed by atoms with Crippen molar-refractivity contribution in [3.05, 3.63) is 0 Å². The number of nitrogens with one attached hydrogen (secondary N) is 1. The summed E-state index contributed by atoms with van der Waals surface area (Å²) < 4.78 is 0. The van der Waals surface area contributed by atoms with Gasteiger partial charge in [0.15, 0.2) is 0 Å². The van der Waals surface area contributed by atoms with Crippen LogP contribution in [-0.4, -0.2) is 30.6 Å². The van der Waals surface area contributed by atoms with Crippen LogP contribution in [0.5, 0.6) is 0 Å². The van der Waals surface area contributed by atoms with E-state index in [9.17, 15) is 4.79 Å². The Labute approximate surface area is 75.1 Å². The van der Waals surface area contributed by atoms with E-state index in [2.05, 4.69) is 12.2 Å². The molecule has 1 unspecified atom stereocenters. The minimum atomic E-state index is 0.0335. The summed E-state index contributed by atoms with van der Waals surface area (Å²) in [5.74, 6) is 0. The van der Waals surface area contributed by atoms with E-state index in [0.717, 1.165) is 19.4 Å². The van der Waals surface area contributed by atoms with Crippen LogP contribution in [0.2, 0.25) is 0 Å². The second-order valence-corrected chi connectivity index (χ2v) is 3.10. The molecule has 3 nitrogen and oxygen atoms in total. The highest BCUT2D eigenvalue weighted by atomic mass is 16.2. The summed E-state index contributed by atoms with van der Waals surface area (Å²) in [4.78, 5) is 13.1. The highest BCUT2D eigenvalue weighted by Gasteiger charge is 2.12. The van der Waals surface area contributed by atoms with Crippen molar-refractivity contribution >= 4 is 6.03 Å². The Bertz CT molecular complexity index is 136. The molecule has 0 bridgehead atoms. The zero-order valence-corrected chi connectivity index (χ0v) is 8.55. The van der Waals surface area contributed by atoms with Crippen LogP contribution in [0.4, 0.5) is 4.79 Å². The number of carbonyl (C=O) groups is 1. The fourth-order valence-electron chi connectivity index (χ4n) is 0.831. The molecule has 1 N–H and O–H groups in total. The van der Waals surface area contributed by atoms with Gasteiger partial charge in [0, 0.05) is 19.6 Å². The van der Waals surface area contributed by atoms with Gasteiger partial charge in [0.05, 0.1) is 0 Å². The maximum atomic E-state index is 11.3. The first-order valence-corrected chi connectivity index (χ1v) is 4.64. The van der Waals surface area contributed by atoms with E-state index in [1.807, 2.05) is 20.9 Å². The second kappa shape index (κ2) is 5.86. The molecule has 0 heterocycles. The number of hydrogen-bond donors (Lipinski definition) is 1. The van der Waals surface area contributed by atoms with Crippen molar-refractivity contribution < 1.29 is 4.79 Å². The first-order valence-electron chi connectivity index (χ1n) is 4.64. The summed E-state index contributed by atoms with van der Waals surface area (Å²) in [6.07, 6.45) is 1.98.